The summed E-state index contributed by atoms with van der Waals surface area (Å²) in [6, 6.07) is 12.0. The summed E-state index contributed by atoms with van der Waals surface area (Å²) in [6.07, 6.45) is 0. The van der Waals surface area contributed by atoms with Gasteiger partial charge in [0.05, 0.1) is 4.90 Å². The maximum absolute atomic E-state index is 13.0. The van der Waals surface area contributed by atoms with E-state index >= 15 is 0 Å². The number of sulfonamides is 1. The molecule has 0 aliphatic rings. The molecule has 0 amide bonds. The minimum Gasteiger partial charge on any atom is -0.362 e. The van der Waals surface area contributed by atoms with Crippen LogP contribution < -0.4 is 0 Å². The third-order valence-corrected chi connectivity index (χ3v) is 4.33. The molecule has 0 radical (unpaired) electrons. The van der Waals surface area contributed by atoms with E-state index in [2.05, 4.69) is 4.40 Å². The first-order chi connectivity index (χ1) is 10.3. The highest BCUT2D eigenvalue weighted by Crippen LogP contribution is 2.16. The van der Waals surface area contributed by atoms with Crippen LogP contribution in [0, 0.1) is 12.7 Å². The molecular formula is C16H17FN2O2S. The number of rotatable bonds is 3. The summed E-state index contributed by atoms with van der Waals surface area (Å²) in [4.78, 5) is 1.71. The van der Waals surface area contributed by atoms with Crippen molar-refractivity contribution in [2.45, 2.75) is 11.8 Å². The molecule has 4 nitrogen and oxygen atoms in total. The summed E-state index contributed by atoms with van der Waals surface area (Å²) in [6.45, 7) is 1.88. The second-order valence-electron chi connectivity index (χ2n) is 5.10. The number of halogens is 1. The summed E-state index contributed by atoms with van der Waals surface area (Å²) in [5.41, 5.74) is 1.50. The van der Waals surface area contributed by atoms with Crippen LogP contribution in [0.2, 0.25) is 0 Å². The third kappa shape index (κ3) is 3.71. The van der Waals surface area contributed by atoms with Crippen LogP contribution in [0.15, 0.2) is 57.8 Å². The third-order valence-electron chi connectivity index (χ3n) is 3.05. The van der Waals surface area contributed by atoms with E-state index in [1.165, 1.54) is 36.4 Å². The van der Waals surface area contributed by atoms with Gasteiger partial charge in [0.15, 0.2) is 0 Å². The number of nitrogens with zero attached hydrogens (tertiary/aromatic N) is 2. The van der Waals surface area contributed by atoms with Crippen molar-refractivity contribution in [1.82, 2.24) is 4.90 Å². The van der Waals surface area contributed by atoms with Gasteiger partial charge >= 0.3 is 0 Å². The van der Waals surface area contributed by atoms with Gasteiger partial charge in [-0.1, -0.05) is 17.7 Å². The monoisotopic (exact) mass is 320 g/mol. The van der Waals surface area contributed by atoms with E-state index in [0.29, 0.717) is 5.56 Å². The molecule has 0 aliphatic carbocycles. The fourth-order valence-corrected chi connectivity index (χ4v) is 2.95. The van der Waals surface area contributed by atoms with Crippen molar-refractivity contribution in [1.29, 1.82) is 0 Å². The van der Waals surface area contributed by atoms with Crippen molar-refractivity contribution >= 4 is 15.9 Å². The van der Waals surface area contributed by atoms with Gasteiger partial charge in [-0.15, -0.1) is 4.40 Å². The van der Waals surface area contributed by atoms with Crippen molar-refractivity contribution in [2.75, 3.05) is 14.1 Å². The van der Waals surface area contributed by atoms with E-state index < -0.39 is 10.0 Å². The largest absolute Gasteiger partial charge is 0.362 e. The number of hydrogen-bond donors (Lipinski definition) is 0. The highest BCUT2D eigenvalue weighted by atomic mass is 32.2. The summed E-state index contributed by atoms with van der Waals surface area (Å²) >= 11 is 0. The lowest BCUT2D eigenvalue weighted by Crippen LogP contribution is -2.24. The number of benzene rings is 2. The van der Waals surface area contributed by atoms with Crippen molar-refractivity contribution < 1.29 is 12.8 Å². The molecule has 2 aromatic rings. The molecule has 0 aromatic heterocycles. The first kappa shape index (κ1) is 16.2. The minimum absolute atomic E-state index is 0.125. The topological polar surface area (TPSA) is 49.7 Å². The minimum atomic E-state index is -3.83. The van der Waals surface area contributed by atoms with Crippen LogP contribution in [0.3, 0.4) is 0 Å². The van der Waals surface area contributed by atoms with E-state index in [4.69, 9.17) is 0 Å². The van der Waals surface area contributed by atoms with Gasteiger partial charge in [-0.05, 0) is 43.3 Å². The number of amidine groups is 1. The molecule has 2 aromatic carbocycles. The highest BCUT2D eigenvalue weighted by molar-refractivity contribution is 7.90. The van der Waals surface area contributed by atoms with Crippen molar-refractivity contribution in [2.24, 2.45) is 4.40 Å². The van der Waals surface area contributed by atoms with Crippen LogP contribution in [0.5, 0.6) is 0 Å². The molecule has 0 saturated heterocycles. The Morgan fingerprint density at radius 3 is 2.05 bits per heavy atom. The fourth-order valence-electron chi connectivity index (χ4n) is 1.87. The van der Waals surface area contributed by atoms with E-state index in [9.17, 15) is 12.8 Å². The van der Waals surface area contributed by atoms with Crippen LogP contribution in [0.25, 0.3) is 0 Å². The van der Waals surface area contributed by atoms with Crippen LogP contribution in [-0.4, -0.2) is 33.2 Å². The van der Waals surface area contributed by atoms with Gasteiger partial charge in [0.2, 0.25) is 0 Å². The summed E-state index contributed by atoms with van der Waals surface area (Å²) in [5, 5.41) is 0. The Kier molecular flexibility index (Phi) is 4.61. The summed E-state index contributed by atoms with van der Waals surface area (Å²) < 4.78 is 41.7. The Bertz CT molecular complexity index is 780. The van der Waals surface area contributed by atoms with Crippen molar-refractivity contribution in [3.8, 4) is 0 Å². The van der Waals surface area contributed by atoms with Gasteiger partial charge in [0, 0.05) is 19.7 Å². The SMILES string of the molecule is Cc1ccc(S(=O)(=O)N=C(c2ccc(F)cc2)N(C)C)cc1. The Labute approximate surface area is 130 Å². The lowest BCUT2D eigenvalue weighted by atomic mass is 10.2. The second kappa shape index (κ2) is 6.27. The fraction of sp³-hybridized carbons (Fsp3) is 0.188. The van der Waals surface area contributed by atoms with Gasteiger partial charge < -0.3 is 4.90 Å². The molecule has 0 fully saturated rings. The van der Waals surface area contributed by atoms with Crippen LogP contribution in [0.4, 0.5) is 4.39 Å². The molecule has 0 spiro atoms. The Morgan fingerprint density at radius 2 is 1.55 bits per heavy atom. The molecule has 0 heterocycles. The van der Waals surface area contributed by atoms with E-state index in [-0.39, 0.29) is 16.5 Å². The molecule has 2 rings (SSSR count). The average molecular weight is 320 g/mol. The maximum Gasteiger partial charge on any atom is 0.284 e. The van der Waals surface area contributed by atoms with Gasteiger partial charge in [-0.3, -0.25) is 0 Å². The molecule has 0 unspecified atom stereocenters. The molecule has 0 aliphatic heterocycles. The van der Waals surface area contributed by atoms with Crippen molar-refractivity contribution in [3.05, 3.63) is 65.5 Å². The smallest absolute Gasteiger partial charge is 0.284 e. The van der Waals surface area contributed by atoms with E-state index in [1.807, 2.05) is 6.92 Å². The summed E-state index contributed by atoms with van der Waals surface area (Å²) in [7, 11) is -0.452. The average Bonchev–Trinajstić information content (AvgIpc) is 2.46. The summed E-state index contributed by atoms with van der Waals surface area (Å²) in [5.74, 6) is -0.135. The molecule has 0 saturated carbocycles. The highest BCUT2D eigenvalue weighted by Gasteiger charge is 2.16. The van der Waals surface area contributed by atoms with Crippen molar-refractivity contribution in [3.63, 3.8) is 0 Å². The van der Waals surface area contributed by atoms with Crippen LogP contribution in [0.1, 0.15) is 11.1 Å². The maximum atomic E-state index is 13.0. The van der Waals surface area contributed by atoms with E-state index in [0.717, 1.165) is 5.56 Å². The van der Waals surface area contributed by atoms with Gasteiger partial charge in [0.1, 0.15) is 11.7 Å². The molecule has 6 heteroatoms. The molecule has 0 N–H and O–H groups in total. The van der Waals surface area contributed by atoms with Gasteiger partial charge in [0.25, 0.3) is 10.0 Å². The molecule has 0 atom stereocenters. The van der Waals surface area contributed by atoms with Crippen LogP contribution >= 0.6 is 0 Å². The lowest BCUT2D eigenvalue weighted by molar-refractivity contribution is 0.592. The Hall–Kier alpha value is -2.21. The molecular weight excluding hydrogens is 303 g/mol. The first-order valence-corrected chi connectivity index (χ1v) is 8.08. The molecule has 22 heavy (non-hydrogen) atoms. The normalized spacial score (nSPS) is 12.3. The Balaban J connectivity index is 2.49. The predicted molar refractivity (Wildman–Crippen MR) is 85.0 cm³/mol. The zero-order chi connectivity index (χ0) is 16.3. The van der Waals surface area contributed by atoms with Gasteiger partial charge in [-0.25, -0.2) is 4.39 Å². The molecule has 0 bridgehead atoms. The predicted octanol–water partition coefficient (Wildman–Crippen LogP) is 2.83. The second-order valence-corrected chi connectivity index (χ2v) is 6.71. The van der Waals surface area contributed by atoms with Crippen LogP contribution in [-0.2, 0) is 10.0 Å². The lowest BCUT2D eigenvalue weighted by Gasteiger charge is -2.16. The number of aryl methyl sites for hydroxylation is 1. The zero-order valence-corrected chi connectivity index (χ0v) is 13.4. The zero-order valence-electron chi connectivity index (χ0n) is 12.6. The quantitative estimate of drug-likeness (QED) is 0.645. The van der Waals surface area contributed by atoms with Gasteiger partial charge in [-0.2, -0.15) is 8.42 Å². The standard InChI is InChI=1S/C16H17FN2O2S/c1-12-4-10-15(11-5-12)22(20,21)18-16(19(2)3)13-6-8-14(17)9-7-13/h4-11H,1-3H3. The Morgan fingerprint density at radius 1 is 1.00 bits per heavy atom. The number of hydrogen-bond acceptors (Lipinski definition) is 2. The van der Waals surface area contributed by atoms with E-state index in [1.54, 1.807) is 31.1 Å². The molecule has 116 valence electrons. The first-order valence-electron chi connectivity index (χ1n) is 6.64.